The third-order valence-corrected chi connectivity index (χ3v) is 6.17. The lowest BCUT2D eigenvalue weighted by Crippen LogP contribution is -2.56. The third-order valence-electron chi connectivity index (χ3n) is 6.17. The molecule has 1 aliphatic heterocycles. The van der Waals surface area contributed by atoms with Crippen LogP contribution >= 0.6 is 0 Å². The summed E-state index contributed by atoms with van der Waals surface area (Å²) in [7, 11) is 0. The normalized spacial score (nSPS) is 37.0. The maximum Gasteiger partial charge on any atom is 0.336 e. The molecule has 1 fully saturated rings. The highest BCUT2D eigenvalue weighted by atomic mass is 16.7. The zero-order valence-electron chi connectivity index (χ0n) is 15.7. The average molecular weight is 360 g/mol. The number of ketones is 1. The van der Waals surface area contributed by atoms with Gasteiger partial charge in [-0.1, -0.05) is 19.9 Å². The predicted molar refractivity (Wildman–Crippen MR) is 92.6 cm³/mol. The summed E-state index contributed by atoms with van der Waals surface area (Å²) in [6, 6.07) is 0. The molecule has 0 bridgehead atoms. The first kappa shape index (κ1) is 18.6. The molecule has 3 rings (SSSR count). The number of fused-ring (bicyclic) bond motifs is 2. The number of aliphatic hydroxyl groups is 1. The van der Waals surface area contributed by atoms with Gasteiger partial charge in [-0.2, -0.15) is 0 Å². The van der Waals surface area contributed by atoms with Crippen LogP contribution in [0, 0.1) is 11.3 Å². The van der Waals surface area contributed by atoms with Crippen LogP contribution in [0.4, 0.5) is 0 Å². The molecule has 0 spiro atoms. The maximum atomic E-state index is 12.5. The smallest absolute Gasteiger partial charge is 0.336 e. The van der Waals surface area contributed by atoms with Gasteiger partial charge in [0.2, 0.25) is 5.79 Å². The van der Waals surface area contributed by atoms with Gasteiger partial charge in [-0.05, 0) is 38.3 Å². The molecule has 0 saturated heterocycles. The molecular weight excluding hydrogens is 336 g/mol. The molecule has 1 N–H and O–H groups in total. The van der Waals surface area contributed by atoms with E-state index < -0.39 is 29.2 Å². The molecule has 26 heavy (non-hydrogen) atoms. The van der Waals surface area contributed by atoms with Crippen molar-refractivity contribution in [2.75, 3.05) is 0 Å². The van der Waals surface area contributed by atoms with E-state index in [2.05, 4.69) is 0 Å². The van der Waals surface area contributed by atoms with Crippen molar-refractivity contribution in [2.24, 2.45) is 11.3 Å². The molecule has 0 aromatic heterocycles. The van der Waals surface area contributed by atoms with E-state index in [9.17, 15) is 19.5 Å². The van der Waals surface area contributed by atoms with Gasteiger partial charge in [-0.3, -0.25) is 4.79 Å². The number of ether oxygens (including phenoxy) is 2. The van der Waals surface area contributed by atoms with Gasteiger partial charge in [0.1, 0.15) is 6.10 Å². The molecule has 0 amide bonds. The molecule has 1 heterocycles. The SMILES string of the molecule is C/C=C(/C)C(=O)O[C@@H]1C2=C(C)C(=O)O[C@]2(O)CC2=CC(=O)C[C@H](C)[C@]21C. The van der Waals surface area contributed by atoms with E-state index in [4.69, 9.17) is 9.47 Å². The van der Waals surface area contributed by atoms with E-state index in [1.807, 2.05) is 13.8 Å². The van der Waals surface area contributed by atoms with Crippen molar-refractivity contribution >= 4 is 17.7 Å². The number of carbonyl (C=O) groups excluding carboxylic acids is 3. The van der Waals surface area contributed by atoms with Crippen LogP contribution in [0.5, 0.6) is 0 Å². The summed E-state index contributed by atoms with van der Waals surface area (Å²) in [6.07, 6.45) is 2.58. The number of esters is 2. The standard InChI is InChI=1S/C20H24O6/c1-6-10(2)17(22)25-16-15-12(4)18(23)26-20(15,24)9-13-8-14(21)7-11(3)19(13,16)5/h6,8,11,16,24H,7,9H2,1-5H3/b10-6-/t11-,16+,19+,20+/m0/s1. The zero-order valence-corrected chi connectivity index (χ0v) is 15.7. The number of rotatable bonds is 2. The van der Waals surface area contributed by atoms with E-state index in [1.54, 1.807) is 26.8 Å². The maximum absolute atomic E-state index is 12.5. The summed E-state index contributed by atoms with van der Waals surface area (Å²) in [5, 5.41) is 11.0. The van der Waals surface area contributed by atoms with E-state index in [-0.39, 0.29) is 23.7 Å². The van der Waals surface area contributed by atoms with Crippen LogP contribution in [0.2, 0.25) is 0 Å². The number of allylic oxidation sites excluding steroid dienone is 2. The van der Waals surface area contributed by atoms with Crippen molar-refractivity contribution in [1.29, 1.82) is 0 Å². The summed E-state index contributed by atoms with van der Waals surface area (Å²) in [6.45, 7) is 8.78. The Morgan fingerprint density at radius 3 is 2.69 bits per heavy atom. The van der Waals surface area contributed by atoms with Crippen LogP contribution in [0.15, 0.2) is 34.4 Å². The first-order chi connectivity index (χ1) is 12.0. The highest BCUT2D eigenvalue weighted by molar-refractivity contribution is 5.95. The van der Waals surface area contributed by atoms with Crippen LogP contribution in [0.3, 0.4) is 0 Å². The predicted octanol–water partition coefficient (Wildman–Crippen LogP) is 2.37. The number of hydrogen-bond acceptors (Lipinski definition) is 6. The molecule has 1 saturated carbocycles. The third kappa shape index (κ3) is 2.47. The lowest BCUT2D eigenvalue weighted by atomic mass is 9.56. The molecule has 140 valence electrons. The zero-order chi connectivity index (χ0) is 19.4. The fourth-order valence-corrected chi connectivity index (χ4v) is 4.19. The van der Waals surface area contributed by atoms with Gasteiger partial charge in [0.15, 0.2) is 5.78 Å². The fraction of sp³-hybridized carbons (Fsp3) is 0.550. The Morgan fingerprint density at radius 2 is 2.08 bits per heavy atom. The van der Waals surface area contributed by atoms with E-state index in [1.165, 1.54) is 6.08 Å². The Morgan fingerprint density at radius 1 is 1.42 bits per heavy atom. The highest BCUT2D eigenvalue weighted by Gasteiger charge is 2.63. The van der Waals surface area contributed by atoms with Crippen LogP contribution in [0.25, 0.3) is 0 Å². The number of carbonyl (C=O) groups is 3. The second-order valence-corrected chi connectivity index (χ2v) is 7.67. The lowest BCUT2D eigenvalue weighted by molar-refractivity contribution is -0.197. The largest absolute Gasteiger partial charge is 0.453 e. The summed E-state index contributed by atoms with van der Waals surface area (Å²) in [5.41, 5.74) is 0.921. The van der Waals surface area contributed by atoms with Gasteiger partial charge in [-0.25, -0.2) is 9.59 Å². The Balaban J connectivity index is 2.19. The van der Waals surface area contributed by atoms with Gasteiger partial charge in [0.25, 0.3) is 0 Å². The molecule has 3 aliphatic rings. The minimum absolute atomic E-state index is 0.00857. The van der Waals surface area contributed by atoms with Crippen LogP contribution < -0.4 is 0 Å². The van der Waals surface area contributed by atoms with E-state index in [0.717, 1.165) is 0 Å². The molecule has 0 aromatic carbocycles. The van der Waals surface area contributed by atoms with Crippen molar-refractivity contribution in [1.82, 2.24) is 0 Å². The Bertz CT molecular complexity index is 801. The van der Waals surface area contributed by atoms with Crippen LogP contribution in [-0.2, 0) is 23.9 Å². The molecule has 0 unspecified atom stereocenters. The van der Waals surface area contributed by atoms with Crippen molar-refractivity contribution in [3.8, 4) is 0 Å². The first-order valence-electron chi connectivity index (χ1n) is 8.79. The Labute approximate surface area is 152 Å². The van der Waals surface area contributed by atoms with Crippen molar-refractivity contribution < 1.29 is 29.0 Å². The molecule has 6 nitrogen and oxygen atoms in total. The summed E-state index contributed by atoms with van der Waals surface area (Å²) in [5.74, 6) is -3.20. The molecule has 2 aliphatic carbocycles. The first-order valence-corrected chi connectivity index (χ1v) is 8.79. The summed E-state index contributed by atoms with van der Waals surface area (Å²) in [4.78, 5) is 36.7. The Hall–Kier alpha value is -2.21. The average Bonchev–Trinajstić information content (AvgIpc) is 2.78. The van der Waals surface area contributed by atoms with Crippen molar-refractivity contribution in [2.45, 2.75) is 59.4 Å². The van der Waals surface area contributed by atoms with Crippen molar-refractivity contribution in [3.05, 3.63) is 34.4 Å². The second kappa shape index (κ2) is 5.91. The highest BCUT2D eigenvalue weighted by Crippen LogP contribution is 2.58. The topological polar surface area (TPSA) is 89.9 Å². The molecular formula is C20H24O6. The van der Waals surface area contributed by atoms with Gasteiger partial charge in [0, 0.05) is 29.4 Å². The minimum Gasteiger partial charge on any atom is -0.453 e. The van der Waals surface area contributed by atoms with Gasteiger partial charge < -0.3 is 14.6 Å². The monoisotopic (exact) mass is 360 g/mol. The summed E-state index contributed by atoms with van der Waals surface area (Å²) < 4.78 is 11.0. The van der Waals surface area contributed by atoms with Gasteiger partial charge in [-0.15, -0.1) is 0 Å². The number of hydrogen-bond donors (Lipinski definition) is 1. The molecule has 0 radical (unpaired) electrons. The molecule has 6 heteroatoms. The quantitative estimate of drug-likeness (QED) is 0.601. The molecule has 4 atom stereocenters. The lowest BCUT2D eigenvalue weighted by Gasteiger charge is -2.52. The summed E-state index contributed by atoms with van der Waals surface area (Å²) >= 11 is 0. The van der Waals surface area contributed by atoms with E-state index in [0.29, 0.717) is 23.1 Å². The minimum atomic E-state index is -1.88. The van der Waals surface area contributed by atoms with Crippen LogP contribution in [-0.4, -0.2) is 34.7 Å². The fourth-order valence-electron chi connectivity index (χ4n) is 4.19. The second-order valence-electron chi connectivity index (χ2n) is 7.67. The van der Waals surface area contributed by atoms with Gasteiger partial charge >= 0.3 is 11.9 Å². The Kier molecular flexibility index (Phi) is 4.22. The van der Waals surface area contributed by atoms with Gasteiger partial charge in [0.05, 0.1) is 5.57 Å². The van der Waals surface area contributed by atoms with E-state index >= 15 is 0 Å². The van der Waals surface area contributed by atoms with Crippen molar-refractivity contribution in [3.63, 3.8) is 0 Å². The van der Waals surface area contributed by atoms with Crippen LogP contribution in [0.1, 0.15) is 47.5 Å². The molecule has 0 aromatic rings.